The molecule has 3 unspecified atom stereocenters. The third-order valence-corrected chi connectivity index (χ3v) is 4.83. The first-order valence-electron chi connectivity index (χ1n) is 7.24. The van der Waals surface area contributed by atoms with Gasteiger partial charge in [0.15, 0.2) is 0 Å². The van der Waals surface area contributed by atoms with E-state index in [2.05, 4.69) is 43.1 Å². The number of likely N-dealkylation sites (tertiary alicyclic amines) is 1. The van der Waals surface area contributed by atoms with Crippen LogP contribution in [0, 0.1) is 5.92 Å². The minimum atomic E-state index is 0.702. The number of nitrogens with zero attached hydrogens (tertiary/aromatic N) is 2. The van der Waals surface area contributed by atoms with Crippen LogP contribution in [-0.4, -0.2) is 61.7 Å². The zero-order valence-electron chi connectivity index (χ0n) is 11.9. The minimum absolute atomic E-state index is 0.702. The SMILES string of the molecule is CNCC(C(C)C)N1CCC2CCC(C1)N2C. The van der Waals surface area contributed by atoms with Crippen molar-refractivity contribution in [2.45, 2.75) is 51.2 Å². The Morgan fingerprint density at radius 2 is 1.88 bits per heavy atom. The lowest BCUT2D eigenvalue weighted by atomic mass is 9.99. The van der Waals surface area contributed by atoms with Crippen LogP contribution in [0.5, 0.6) is 0 Å². The van der Waals surface area contributed by atoms with Crippen molar-refractivity contribution in [1.82, 2.24) is 15.1 Å². The van der Waals surface area contributed by atoms with E-state index in [1.807, 2.05) is 0 Å². The van der Waals surface area contributed by atoms with E-state index in [0.717, 1.165) is 24.5 Å². The Balaban J connectivity index is 2.01. The van der Waals surface area contributed by atoms with E-state index in [-0.39, 0.29) is 0 Å². The predicted molar refractivity (Wildman–Crippen MR) is 73.3 cm³/mol. The molecule has 0 aromatic heterocycles. The van der Waals surface area contributed by atoms with Gasteiger partial charge in [0.1, 0.15) is 0 Å². The van der Waals surface area contributed by atoms with Crippen molar-refractivity contribution in [3.05, 3.63) is 0 Å². The second-order valence-electron chi connectivity index (χ2n) is 6.20. The van der Waals surface area contributed by atoms with Crippen molar-refractivity contribution >= 4 is 0 Å². The molecule has 2 aliphatic heterocycles. The van der Waals surface area contributed by atoms with Gasteiger partial charge >= 0.3 is 0 Å². The molecule has 2 heterocycles. The molecule has 2 bridgehead atoms. The molecule has 3 heteroatoms. The zero-order valence-corrected chi connectivity index (χ0v) is 11.9. The predicted octanol–water partition coefficient (Wildman–Crippen LogP) is 1.40. The summed E-state index contributed by atoms with van der Waals surface area (Å²) in [5.74, 6) is 0.740. The van der Waals surface area contributed by atoms with Gasteiger partial charge in [0.2, 0.25) is 0 Å². The van der Waals surface area contributed by atoms with Crippen molar-refractivity contribution in [3.8, 4) is 0 Å². The molecule has 2 rings (SSSR count). The largest absolute Gasteiger partial charge is 0.318 e. The smallest absolute Gasteiger partial charge is 0.0244 e. The minimum Gasteiger partial charge on any atom is -0.318 e. The Kier molecular flexibility index (Phi) is 4.45. The van der Waals surface area contributed by atoms with Crippen molar-refractivity contribution in [1.29, 1.82) is 0 Å². The molecule has 0 aromatic carbocycles. The Morgan fingerprint density at radius 3 is 2.53 bits per heavy atom. The normalized spacial score (nSPS) is 33.0. The maximum atomic E-state index is 3.37. The fourth-order valence-electron chi connectivity index (χ4n) is 3.63. The number of hydrogen-bond donors (Lipinski definition) is 1. The first-order valence-corrected chi connectivity index (χ1v) is 7.24. The highest BCUT2D eigenvalue weighted by Gasteiger charge is 2.36. The van der Waals surface area contributed by atoms with E-state index in [4.69, 9.17) is 0 Å². The summed E-state index contributed by atoms with van der Waals surface area (Å²) in [6.07, 6.45) is 4.19. The lowest BCUT2D eigenvalue weighted by molar-refractivity contribution is 0.137. The number of likely N-dealkylation sites (N-methyl/N-ethyl adjacent to an activating group) is 2. The molecule has 1 N–H and O–H groups in total. The molecule has 2 fully saturated rings. The molecule has 0 amide bonds. The second-order valence-corrected chi connectivity index (χ2v) is 6.20. The van der Waals surface area contributed by atoms with Gasteiger partial charge < -0.3 is 5.32 Å². The van der Waals surface area contributed by atoms with E-state index < -0.39 is 0 Å². The molecule has 2 aliphatic rings. The fraction of sp³-hybridized carbons (Fsp3) is 1.00. The zero-order chi connectivity index (χ0) is 12.4. The van der Waals surface area contributed by atoms with Gasteiger partial charge in [-0.25, -0.2) is 0 Å². The highest BCUT2D eigenvalue weighted by atomic mass is 15.3. The van der Waals surface area contributed by atoms with Crippen LogP contribution in [0.15, 0.2) is 0 Å². The summed E-state index contributed by atoms with van der Waals surface area (Å²) in [5.41, 5.74) is 0. The topological polar surface area (TPSA) is 18.5 Å². The van der Waals surface area contributed by atoms with Crippen LogP contribution in [0.25, 0.3) is 0 Å². The summed E-state index contributed by atoms with van der Waals surface area (Å²) in [6.45, 7) is 8.40. The van der Waals surface area contributed by atoms with Crippen molar-refractivity contribution in [2.75, 3.05) is 33.7 Å². The third-order valence-electron chi connectivity index (χ3n) is 4.83. The molecule has 100 valence electrons. The van der Waals surface area contributed by atoms with E-state index in [9.17, 15) is 0 Å². The maximum Gasteiger partial charge on any atom is 0.0244 e. The van der Waals surface area contributed by atoms with Crippen LogP contribution in [-0.2, 0) is 0 Å². The number of fused-ring (bicyclic) bond motifs is 2. The summed E-state index contributed by atoms with van der Waals surface area (Å²) in [6, 6.07) is 2.36. The van der Waals surface area contributed by atoms with Gasteiger partial charge in [0.05, 0.1) is 0 Å². The van der Waals surface area contributed by atoms with Gasteiger partial charge in [-0.15, -0.1) is 0 Å². The molecule has 2 saturated heterocycles. The molecular weight excluding hydrogens is 210 g/mol. The molecule has 3 atom stereocenters. The lowest BCUT2D eigenvalue weighted by Gasteiger charge is -2.35. The van der Waals surface area contributed by atoms with Gasteiger partial charge in [-0.05, 0) is 39.3 Å². The van der Waals surface area contributed by atoms with Gasteiger partial charge in [-0.3, -0.25) is 9.80 Å². The van der Waals surface area contributed by atoms with E-state index >= 15 is 0 Å². The maximum absolute atomic E-state index is 3.37. The van der Waals surface area contributed by atoms with E-state index in [0.29, 0.717) is 6.04 Å². The molecule has 0 aromatic rings. The van der Waals surface area contributed by atoms with Gasteiger partial charge in [-0.1, -0.05) is 13.8 Å². The summed E-state index contributed by atoms with van der Waals surface area (Å²) < 4.78 is 0. The van der Waals surface area contributed by atoms with Crippen LogP contribution in [0.3, 0.4) is 0 Å². The molecule has 3 nitrogen and oxygen atoms in total. The summed E-state index contributed by atoms with van der Waals surface area (Å²) in [4.78, 5) is 5.37. The van der Waals surface area contributed by atoms with E-state index in [1.165, 1.54) is 32.4 Å². The van der Waals surface area contributed by atoms with Crippen molar-refractivity contribution in [2.24, 2.45) is 5.92 Å². The van der Waals surface area contributed by atoms with Gasteiger partial charge in [0.25, 0.3) is 0 Å². The Labute approximate surface area is 107 Å². The number of rotatable bonds is 4. The van der Waals surface area contributed by atoms with Gasteiger partial charge in [0, 0.05) is 37.8 Å². The second kappa shape index (κ2) is 5.68. The highest BCUT2D eigenvalue weighted by Crippen LogP contribution is 2.29. The highest BCUT2D eigenvalue weighted by molar-refractivity contribution is 4.93. The summed E-state index contributed by atoms with van der Waals surface area (Å²) >= 11 is 0. The summed E-state index contributed by atoms with van der Waals surface area (Å²) in [7, 11) is 4.40. The third kappa shape index (κ3) is 2.83. The molecule has 0 saturated carbocycles. The molecule has 17 heavy (non-hydrogen) atoms. The van der Waals surface area contributed by atoms with Crippen LogP contribution in [0.4, 0.5) is 0 Å². The fourth-order valence-corrected chi connectivity index (χ4v) is 3.63. The van der Waals surface area contributed by atoms with Crippen LogP contribution < -0.4 is 5.32 Å². The first-order chi connectivity index (χ1) is 8.13. The molecule has 0 aliphatic carbocycles. The Hall–Kier alpha value is -0.120. The average Bonchev–Trinajstić information content (AvgIpc) is 2.51. The average molecular weight is 239 g/mol. The molecular formula is C14H29N3. The van der Waals surface area contributed by atoms with Crippen LogP contribution in [0.1, 0.15) is 33.1 Å². The molecule has 0 radical (unpaired) electrons. The van der Waals surface area contributed by atoms with Crippen molar-refractivity contribution < 1.29 is 0 Å². The molecule has 0 spiro atoms. The van der Waals surface area contributed by atoms with Crippen molar-refractivity contribution in [3.63, 3.8) is 0 Å². The Bertz CT molecular complexity index is 242. The monoisotopic (exact) mass is 239 g/mol. The number of hydrogen-bond acceptors (Lipinski definition) is 3. The van der Waals surface area contributed by atoms with Crippen LogP contribution >= 0.6 is 0 Å². The first kappa shape index (κ1) is 13.3. The lowest BCUT2D eigenvalue weighted by Crippen LogP contribution is -2.48. The standard InChI is InChI=1S/C14H29N3/c1-11(2)14(9-15-3)17-8-7-12-5-6-13(10-17)16(12)4/h11-15H,5-10H2,1-4H3. The van der Waals surface area contributed by atoms with Crippen LogP contribution in [0.2, 0.25) is 0 Å². The summed E-state index contributed by atoms with van der Waals surface area (Å²) in [5, 5.41) is 3.37. The Morgan fingerprint density at radius 1 is 1.18 bits per heavy atom. The number of nitrogens with one attached hydrogen (secondary N) is 1. The van der Waals surface area contributed by atoms with E-state index in [1.54, 1.807) is 0 Å². The van der Waals surface area contributed by atoms with Gasteiger partial charge in [-0.2, -0.15) is 0 Å². The quantitative estimate of drug-likeness (QED) is 0.800.